The Morgan fingerprint density at radius 2 is 1.89 bits per heavy atom. The lowest BCUT2D eigenvalue weighted by Crippen LogP contribution is -2.40. The number of amides is 1. The highest BCUT2D eigenvalue weighted by Crippen LogP contribution is 2.26. The molecule has 3 rings (SSSR count). The number of nitrogens with zero attached hydrogens (tertiary/aromatic N) is 2. The summed E-state index contributed by atoms with van der Waals surface area (Å²) in [6.07, 6.45) is 0.352. The number of rotatable bonds is 3. The first-order chi connectivity index (χ1) is 12.7. The van der Waals surface area contributed by atoms with E-state index in [0.717, 1.165) is 10.9 Å². The fourth-order valence-electron chi connectivity index (χ4n) is 3.43. The predicted molar refractivity (Wildman–Crippen MR) is 103 cm³/mol. The molecule has 2 N–H and O–H groups in total. The minimum absolute atomic E-state index is 0.346. The summed E-state index contributed by atoms with van der Waals surface area (Å²) >= 11 is 0. The van der Waals surface area contributed by atoms with Gasteiger partial charge in [0.1, 0.15) is 11.6 Å². The van der Waals surface area contributed by atoms with Crippen LogP contribution in [-0.2, 0) is 9.53 Å². The molecule has 1 aromatic carbocycles. The van der Waals surface area contributed by atoms with Crippen LogP contribution in [0, 0.1) is 0 Å². The Balaban J connectivity index is 1.75. The van der Waals surface area contributed by atoms with Crippen LogP contribution in [0.25, 0.3) is 10.9 Å². The first-order valence-electron chi connectivity index (χ1n) is 9.27. The van der Waals surface area contributed by atoms with Gasteiger partial charge in [0.25, 0.3) is 0 Å². The highest BCUT2D eigenvalue weighted by molar-refractivity contribution is 5.83. The smallest absolute Gasteiger partial charge is 0.410 e. The molecule has 7 nitrogen and oxygen atoms in total. The van der Waals surface area contributed by atoms with Gasteiger partial charge in [-0.25, -0.2) is 4.79 Å². The monoisotopic (exact) mass is 373 g/mol. The molecule has 1 fully saturated rings. The Labute approximate surface area is 158 Å². The van der Waals surface area contributed by atoms with E-state index >= 15 is 0 Å². The van der Waals surface area contributed by atoms with Gasteiger partial charge >= 0.3 is 12.1 Å². The largest absolute Gasteiger partial charge is 0.480 e. The molecule has 1 aromatic heterocycles. The third-order valence-electron chi connectivity index (χ3n) is 4.63. The van der Waals surface area contributed by atoms with Crippen LogP contribution in [0.3, 0.4) is 0 Å². The summed E-state index contributed by atoms with van der Waals surface area (Å²) in [4.78, 5) is 31.2. The first kappa shape index (κ1) is 19.2. The lowest BCUT2D eigenvalue weighted by Gasteiger charge is -2.28. The van der Waals surface area contributed by atoms with Crippen molar-refractivity contribution in [2.45, 2.75) is 38.8 Å². The SMILES string of the molecule is CC(C)(C)OC(=O)N1CCCN(C(C(=O)O)c2cc3ccccc3[nH]2)CC1. The van der Waals surface area contributed by atoms with E-state index in [0.29, 0.717) is 38.3 Å². The van der Waals surface area contributed by atoms with Gasteiger partial charge in [-0.2, -0.15) is 0 Å². The van der Waals surface area contributed by atoms with Crippen LogP contribution >= 0.6 is 0 Å². The summed E-state index contributed by atoms with van der Waals surface area (Å²) in [6, 6.07) is 8.87. The van der Waals surface area contributed by atoms with Crippen molar-refractivity contribution in [3.8, 4) is 0 Å². The van der Waals surface area contributed by atoms with Gasteiger partial charge < -0.3 is 19.7 Å². The summed E-state index contributed by atoms with van der Waals surface area (Å²) in [6.45, 7) is 7.60. The highest BCUT2D eigenvalue weighted by Gasteiger charge is 2.32. The summed E-state index contributed by atoms with van der Waals surface area (Å²) in [5.74, 6) is -0.896. The molecule has 0 radical (unpaired) electrons. The molecular weight excluding hydrogens is 346 g/mol. The number of aromatic amines is 1. The number of carbonyl (C=O) groups excluding carboxylic acids is 1. The number of hydrogen-bond donors (Lipinski definition) is 2. The lowest BCUT2D eigenvalue weighted by atomic mass is 10.1. The van der Waals surface area contributed by atoms with E-state index in [1.165, 1.54) is 0 Å². The molecule has 0 spiro atoms. The van der Waals surface area contributed by atoms with Crippen LogP contribution in [0.4, 0.5) is 4.79 Å². The molecule has 7 heteroatoms. The second-order valence-corrected chi connectivity index (χ2v) is 7.91. The summed E-state index contributed by atoms with van der Waals surface area (Å²) in [5, 5.41) is 10.8. The standard InChI is InChI=1S/C20H27N3O4/c1-20(2,3)27-19(26)23-10-6-9-22(11-12-23)17(18(24)25)16-13-14-7-4-5-8-15(14)21-16/h4-5,7-8,13,17,21H,6,9-12H2,1-3H3,(H,24,25). The second kappa shape index (κ2) is 7.60. The second-order valence-electron chi connectivity index (χ2n) is 7.91. The van der Waals surface area contributed by atoms with Gasteiger partial charge in [-0.05, 0) is 44.7 Å². The number of carboxylic acid groups (broad SMARTS) is 1. The van der Waals surface area contributed by atoms with Crippen LogP contribution in [-0.4, -0.2) is 63.7 Å². The van der Waals surface area contributed by atoms with E-state index in [9.17, 15) is 14.7 Å². The average molecular weight is 373 g/mol. The van der Waals surface area contributed by atoms with E-state index in [4.69, 9.17) is 4.74 Å². The number of aliphatic carboxylic acids is 1. The molecular formula is C20H27N3O4. The van der Waals surface area contributed by atoms with Crippen LogP contribution in [0.5, 0.6) is 0 Å². The highest BCUT2D eigenvalue weighted by atomic mass is 16.6. The number of fused-ring (bicyclic) bond motifs is 1. The number of benzene rings is 1. The van der Waals surface area contributed by atoms with Crippen molar-refractivity contribution in [2.24, 2.45) is 0 Å². The fourth-order valence-corrected chi connectivity index (χ4v) is 3.43. The van der Waals surface area contributed by atoms with Gasteiger partial charge in [-0.3, -0.25) is 9.69 Å². The first-order valence-corrected chi connectivity index (χ1v) is 9.27. The number of hydrogen-bond acceptors (Lipinski definition) is 4. The van der Waals surface area contributed by atoms with E-state index in [-0.39, 0.29) is 6.09 Å². The van der Waals surface area contributed by atoms with Crippen molar-refractivity contribution in [3.63, 3.8) is 0 Å². The van der Waals surface area contributed by atoms with Crippen LogP contribution < -0.4 is 0 Å². The minimum atomic E-state index is -0.896. The maximum Gasteiger partial charge on any atom is 0.410 e. The van der Waals surface area contributed by atoms with Crippen molar-refractivity contribution in [1.29, 1.82) is 0 Å². The van der Waals surface area contributed by atoms with Gasteiger partial charge in [0.05, 0.1) is 0 Å². The molecule has 1 saturated heterocycles. The normalized spacial score (nSPS) is 17.5. The molecule has 1 aliphatic heterocycles. The molecule has 2 aromatic rings. The molecule has 1 unspecified atom stereocenters. The summed E-state index contributed by atoms with van der Waals surface area (Å²) < 4.78 is 5.45. The number of H-pyrrole nitrogens is 1. The average Bonchev–Trinajstić information content (AvgIpc) is 2.83. The zero-order valence-corrected chi connectivity index (χ0v) is 16.1. The Hall–Kier alpha value is -2.54. The van der Waals surface area contributed by atoms with Gasteiger partial charge in [-0.15, -0.1) is 0 Å². The number of carboxylic acids is 1. The lowest BCUT2D eigenvalue weighted by molar-refractivity contribution is -0.143. The van der Waals surface area contributed by atoms with E-state index < -0.39 is 17.6 Å². The van der Waals surface area contributed by atoms with Crippen molar-refractivity contribution < 1.29 is 19.4 Å². The number of aromatic nitrogens is 1. The van der Waals surface area contributed by atoms with Crippen LogP contribution in [0.15, 0.2) is 30.3 Å². The molecule has 0 aliphatic carbocycles. The molecule has 0 saturated carbocycles. The molecule has 27 heavy (non-hydrogen) atoms. The van der Waals surface area contributed by atoms with Crippen molar-refractivity contribution in [3.05, 3.63) is 36.0 Å². The number of carbonyl (C=O) groups is 2. The third-order valence-corrected chi connectivity index (χ3v) is 4.63. The number of ether oxygens (including phenoxy) is 1. The van der Waals surface area contributed by atoms with Crippen molar-refractivity contribution in [2.75, 3.05) is 26.2 Å². The Morgan fingerprint density at radius 1 is 1.15 bits per heavy atom. The number of para-hydroxylation sites is 1. The Bertz CT molecular complexity index is 791. The third kappa shape index (κ3) is 4.60. The Morgan fingerprint density at radius 3 is 2.56 bits per heavy atom. The van der Waals surface area contributed by atoms with Gasteiger partial charge in [-0.1, -0.05) is 18.2 Å². The van der Waals surface area contributed by atoms with Crippen LogP contribution in [0.1, 0.15) is 38.9 Å². The molecule has 146 valence electrons. The Kier molecular flexibility index (Phi) is 5.41. The quantitative estimate of drug-likeness (QED) is 0.863. The molecule has 1 atom stereocenters. The summed E-state index contributed by atoms with van der Waals surface area (Å²) in [5.41, 5.74) is 1.04. The van der Waals surface area contributed by atoms with Crippen molar-refractivity contribution in [1.82, 2.24) is 14.8 Å². The van der Waals surface area contributed by atoms with Crippen molar-refractivity contribution >= 4 is 23.0 Å². The number of nitrogens with one attached hydrogen (secondary N) is 1. The van der Waals surface area contributed by atoms with E-state index in [1.807, 2.05) is 56.0 Å². The van der Waals surface area contributed by atoms with Gasteiger partial charge in [0, 0.05) is 37.4 Å². The zero-order valence-electron chi connectivity index (χ0n) is 16.1. The molecule has 2 heterocycles. The van der Waals surface area contributed by atoms with Gasteiger partial charge in [0.15, 0.2) is 0 Å². The van der Waals surface area contributed by atoms with E-state index in [1.54, 1.807) is 4.90 Å². The predicted octanol–water partition coefficient (Wildman–Crippen LogP) is 3.24. The maximum atomic E-state index is 12.3. The molecule has 0 bridgehead atoms. The van der Waals surface area contributed by atoms with Gasteiger partial charge in [0.2, 0.25) is 0 Å². The zero-order chi connectivity index (χ0) is 19.6. The topological polar surface area (TPSA) is 85.9 Å². The molecule has 1 amide bonds. The minimum Gasteiger partial charge on any atom is -0.480 e. The van der Waals surface area contributed by atoms with E-state index in [2.05, 4.69) is 4.98 Å². The maximum absolute atomic E-state index is 12.3. The summed E-state index contributed by atoms with van der Waals surface area (Å²) in [7, 11) is 0. The van der Waals surface area contributed by atoms with Crippen LogP contribution in [0.2, 0.25) is 0 Å². The molecule has 1 aliphatic rings. The fraction of sp³-hybridized carbons (Fsp3) is 0.500.